The number of hydrogen-bond acceptors (Lipinski definition) is 2. The van der Waals surface area contributed by atoms with Crippen LogP contribution in [0.2, 0.25) is 0 Å². The van der Waals surface area contributed by atoms with E-state index in [0.717, 1.165) is 16.9 Å². The highest BCUT2D eigenvalue weighted by Gasteiger charge is 2.15. The molecule has 0 aliphatic heterocycles. The van der Waals surface area contributed by atoms with E-state index in [2.05, 4.69) is 18.0 Å². The molecule has 18 heavy (non-hydrogen) atoms. The maximum absolute atomic E-state index is 11.7. The lowest BCUT2D eigenvalue weighted by molar-refractivity contribution is -0.127. The summed E-state index contributed by atoms with van der Waals surface area (Å²) in [4.78, 5) is 11.7. The van der Waals surface area contributed by atoms with Crippen molar-refractivity contribution >= 4 is 5.91 Å². The number of aryl methyl sites for hydroxylation is 2. The molecule has 0 aliphatic rings. The van der Waals surface area contributed by atoms with Crippen molar-refractivity contribution in [3.8, 4) is 5.75 Å². The van der Waals surface area contributed by atoms with Crippen LogP contribution in [-0.2, 0) is 4.79 Å². The van der Waals surface area contributed by atoms with Crippen molar-refractivity contribution in [2.24, 2.45) is 0 Å². The zero-order chi connectivity index (χ0) is 13.7. The quantitative estimate of drug-likeness (QED) is 0.812. The number of ether oxygens (including phenoxy) is 1. The molecule has 1 aromatic carbocycles. The van der Waals surface area contributed by atoms with E-state index in [1.54, 1.807) is 13.0 Å². The zero-order valence-corrected chi connectivity index (χ0v) is 11.5. The van der Waals surface area contributed by atoms with Crippen LogP contribution in [0.15, 0.2) is 24.8 Å². The molecule has 0 aliphatic carbocycles. The van der Waals surface area contributed by atoms with Crippen molar-refractivity contribution in [2.45, 2.75) is 33.8 Å². The molecule has 3 nitrogen and oxygen atoms in total. The van der Waals surface area contributed by atoms with Crippen LogP contribution in [0, 0.1) is 20.8 Å². The Labute approximate surface area is 109 Å². The van der Waals surface area contributed by atoms with Crippen molar-refractivity contribution in [3.05, 3.63) is 41.5 Å². The smallest absolute Gasteiger partial charge is 0.261 e. The number of hydrogen-bond donors (Lipinski definition) is 1. The van der Waals surface area contributed by atoms with Gasteiger partial charge in [0.15, 0.2) is 6.10 Å². The lowest BCUT2D eigenvalue weighted by Crippen LogP contribution is -2.36. The second kappa shape index (κ2) is 6.24. The largest absolute Gasteiger partial charge is 0.481 e. The van der Waals surface area contributed by atoms with E-state index < -0.39 is 6.10 Å². The van der Waals surface area contributed by atoms with E-state index in [9.17, 15) is 4.79 Å². The standard InChI is InChI=1S/C15H21NO2/c1-6-7-16-15(17)13(5)18-14-9-10(2)8-11(3)12(14)4/h6,8-9,13H,1,7H2,2-5H3,(H,16,17). The SMILES string of the molecule is C=CCNC(=O)C(C)Oc1cc(C)cc(C)c1C. The summed E-state index contributed by atoms with van der Waals surface area (Å²) in [6.45, 7) is 11.8. The molecule has 0 fully saturated rings. The highest BCUT2D eigenvalue weighted by atomic mass is 16.5. The topological polar surface area (TPSA) is 38.3 Å². The molecule has 1 unspecified atom stereocenters. The van der Waals surface area contributed by atoms with Crippen LogP contribution in [0.3, 0.4) is 0 Å². The third kappa shape index (κ3) is 3.62. The molecular formula is C15H21NO2. The molecule has 1 amide bonds. The molecule has 3 heteroatoms. The van der Waals surface area contributed by atoms with E-state index in [-0.39, 0.29) is 5.91 Å². The molecular weight excluding hydrogens is 226 g/mol. The van der Waals surface area contributed by atoms with Crippen LogP contribution in [0.5, 0.6) is 5.75 Å². The summed E-state index contributed by atoms with van der Waals surface area (Å²) in [5.74, 6) is 0.641. The van der Waals surface area contributed by atoms with Gasteiger partial charge in [0.25, 0.3) is 5.91 Å². The molecule has 1 atom stereocenters. The number of nitrogens with one attached hydrogen (secondary N) is 1. The van der Waals surface area contributed by atoms with Gasteiger partial charge in [0.1, 0.15) is 5.75 Å². The van der Waals surface area contributed by atoms with Crippen molar-refractivity contribution in [1.29, 1.82) is 0 Å². The maximum atomic E-state index is 11.7. The van der Waals surface area contributed by atoms with E-state index >= 15 is 0 Å². The van der Waals surface area contributed by atoms with Crippen LogP contribution < -0.4 is 10.1 Å². The Hall–Kier alpha value is -1.77. The molecule has 1 rings (SSSR count). The zero-order valence-electron chi connectivity index (χ0n) is 11.5. The summed E-state index contributed by atoms with van der Waals surface area (Å²) in [7, 11) is 0. The average Bonchev–Trinajstić information content (AvgIpc) is 2.32. The van der Waals surface area contributed by atoms with Crippen LogP contribution in [-0.4, -0.2) is 18.6 Å². The minimum Gasteiger partial charge on any atom is -0.481 e. The van der Waals surface area contributed by atoms with Crippen LogP contribution in [0.4, 0.5) is 0 Å². The fourth-order valence-electron chi connectivity index (χ4n) is 1.68. The van der Waals surface area contributed by atoms with E-state index in [1.165, 1.54) is 5.56 Å². The number of benzene rings is 1. The lowest BCUT2D eigenvalue weighted by atomic mass is 10.1. The monoisotopic (exact) mass is 247 g/mol. The Bertz CT molecular complexity index is 452. The van der Waals surface area contributed by atoms with Crippen molar-refractivity contribution < 1.29 is 9.53 Å². The first kappa shape index (κ1) is 14.3. The van der Waals surface area contributed by atoms with Crippen molar-refractivity contribution in [3.63, 3.8) is 0 Å². The fourth-order valence-corrected chi connectivity index (χ4v) is 1.68. The molecule has 1 aromatic rings. The number of amides is 1. The third-order valence-corrected chi connectivity index (χ3v) is 2.86. The first-order valence-corrected chi connectivity index (χ1v) is 6.08. The Kier molecular flexibility index (Phi) is 4.95. The molecule has 0 heterocycles. The predicted molar refractivity (Wildman–Crippen MR) is 73.9 cm³/mol. The average molecular weight is 247 g/mol. The molecule has 0 saturated heterocycles. The van der Waals surface area contributed by atoms with Crippen LogP contribution in [0.25, 0.3) is 0 Å². The highest BCUT2D eigenvalue weighted by molar-refractivity contribution is 5.80. The predicted octanol–water partition coefficient (Wildman–Crippen LogP) is 2.68. The Morgan fingerprint density at radius 2 is 2.11 bits per heavy atom. The maximum Gasteiger partial charge on any atom is 0.261 e. The van der Waals surface area contributed by atoms with E-state index in [4.69, 9.17) is 4.74 Å². The number of carbonyl (C=O) groups is 1. The lowest BCUT2D eigenvalue weighted by Gasteiger charge is -2.17. The molecule has 0 spiro atoms. The minimum absolute atomic E-state index is 0.131. The first-order valence-electron chi connectivity index (χ1n) is 6.08. The molecule has 1 N–H and O–H groups in total. The van der Waals surface area contributed by atoms with Crippen molar-refractivity contribution in [1.82, 2.24) is 5.32 Å². The van der Waals surface area contributed by atoms with Gasteiger partial charge in [-0.25, -0.2) is 0 Å². The van der Waals surface area contributed by atoms with Gasteiger partial charge in [-0.3, -0.25) is 4.79 Å². The highest BCUT2D eigenvalue weighted by Crippen LogP contribution is 2.24. The summed E-state index contributed by atoms with van der Waals surface area (Å²) in [5, 5.41) is 2.72. The molecule has 98 valence electrons. The summed E-state index contributed by atoms with van der Waals surface area (Å²) in [6.07, 6.45) is 1.14. The molecule has 0 aromatic heterocycles. The molecule has 0 saturated carbocycles. The normalized spacial score (nSPS) is 11.8. The van der Waals surface area contributed by atoms with Gasteiger partial charge in [-0.2, -0.15) is 0 Å². The Morgan fingerprint density at radius 1 is 1.44 bits per heavy atom. The van der Waals surface area contributed by atoms with Gasteiger partial charge in [-0.1, -0.05) is 12.1 Å². The van der Waals surface area contributed by atoms with E-state index in [0.29, 0.717) is 6.54 Å². The number of carbonyl (C=O) groups excluding carboxylic acids is 1. The fraction of sp³-hybridized carbons (Fsp3) is 0.400. The van der Waals surface area contributed by atoms with E-state index in [1.807, 2.05) is 26.8 Å². The van der Waals surface area contributed by atoms with Gasteiger partial charge in [-0.15, -0.1) is 6.58 Å². The van der Waals surface area contributed by atoms with Gasteiger partial charge < -0.3 is 10.1 Å². The summed E-state index contributed by atoms with van der Waals surface area (Å²) in [6, 6.07) is 4.06. The van der Waals surface area contributed by atoms with Gasteiger partial charge in [0, 0.05) is 6.54 Å². The third-order valence-electron chi connectivity index (χ3n) is 2.86. The second-order valence-corrected chi connectivity index (χ2v) is 4.50. The molecule has 0 radical (unpaired) electrons. The van der Waals surface area contributed by atoms with Gasteiger partial charge >= 0.3 is 0 Å². The van der Waals surface area contributed by atoms with Crippen molar-refractivity contribution in [2.75, 3.05) is 6.54 Å². The van der Waals surface area contributed by atoms with Gasteiger partial charge in [0.2, 0.25) is 0 Å². The van der Waals surface area contributed by atoms with Crippen LogP contribution in [0.1, 0.15) is 23.6 Å². The summed E-state index contributed by atoms with van der Waals surface area (Å²) >= 11 is 0. The summed E-state index contributed by atoms with van der Waals surface area (Å²) < 4.78 is 5.72. The second-order valence-electron chi connectivity index (χ2n) is 4.50. The number of rotatable bonds is 5. The van der Waals surface area contributed by atoms with Gasteiger partial charge in [-0.05, 0) is 50.5 Å². The Balaban J connectivity index is 2.78. The summed E-state index contributed by atoms with van der Waals surface area (Å²) in [5.41, 5.74) is 3.37. The first-order chi connectivity index (χ1) is 8.45. The minimum atomic E-state index is -0.509. The molecule has 0 bridgehead atoms. The van der Waals surface area contributed by atoms with Gasteiger partial charge in [0.05, 0.1) is 0 Å². The van der Waals surface area contributed by atoms with Crippen LogP contribution >= 0.6 is 0 Å². The Morgan fingerprint density at radius 3 is 2.72 bits per heavy atom.